The Morgan fingerprint density at radius 2 is 1.52 bits per heavy atom. The Morgan fingerprint density at radius 1 is 1.00 bits per heavy atom. The lowest BCUT2D eigenvalue weighted by Crippen LogP contribution is -2.37. The van der Waals surface area contributed by atoms with Crippen molar-refractivity contribution in [3.63, 3.8) is 0 Å². The van der Waals surface area contributed by atoms with Gasteiger partial charge in [-0.25, -0.2) is 22.0 Å². The third-order valence-electron chi connectivity index (χ3n) is 3.88. The molecule has 1 saturated carbocycles. The van der Waals surface area contributed by atoms with Gasteiger partial charge in [0.1, 0.15) is 0 Å². The second-order valence-electron chi connectivity index (χ2n) is 5.31. The average Bonchev–Trinajstić information content (AvgIpc) is 2.46. The van der Waals surface area contributed by atoms with E-state index in [0.717, 1.165) is 19.3 Å². The van der Waals surface area contributed by atoms with Crippen LogP contribution in [0, 0.1) is 0 Å². The van der Waals surface area contributed by atoms with Crippen molar-refractivity contribution in [2.75, 3.05) is 11.4 Å². The topological polar surface area (TPSA) is 97.5 Å². The van der Waals surface area contributed by atoms with Gasteiger partial charge in [-0.05, 0) is 37.1 Å². The SMILES string of the molecule is CN(c1ccc(S(N)(=O)=O)cc1)S(=O)(=O)C1CCCCC1. The predicted molar refractivity (Wildman–Crippen MR) is 82.0 cm³/mol. The van der Waals surface area contributed by atoms with E-state index < -0.39 is 20.0 Å². The van der Waals surface area contributed by atoms with Gasteiger partial charge in [-0.2, -0.15) is 0 Å². The molecule has 0 radical (unpaired) electrons. The second kappa shape index (κ2) is 5.94. The zero-order chi connectivity index (χ0) is 15.7. The first kappa shape index (κ1) is 16.3. The molecule has 0 atom stereocenters. The Bertz CT molecular complexity index is 690. The van der Waals surface area contributed by atoms with Crippen LogP contribution in [-0.4, -0.2) is 29.1 Å². The maximum absolute atomic E-state index is 12.6. The van der Waals surface area contributed by atoms with Gasteiger partial charge in [-0.3, -0.25) is 4.31 Å². The molecule has 6 nitrogen and oxygen atoms in total. The van der Waals surface area contributed by atoms with Crippen LogP contribution >= 0.6 is 0 Å². The van der Waals surface area contributed by atoms with E-state index in [1.807, 2.05) is 0 Å². The Kier molecular flexibility index (Phi) is 4.60. The number of primary sulfonamides is 1. The molecule has 21 heavy (non-hydrogen) atoms. The smallest absolute Gasteiger partial charge is 0.238 e. The number of anilines is 1. The minimum absolute atomic E-state index is 0.0327. The lowest BCUT2D eigenvalue weighted by Gasteiger charge is -2.28. The van der Waals surface area contributed by atoms with Crippen molar-refractivity contribution in [1.29, 1.82) is 0 Å². The summed E-state index contributed by atoms with van der Waals surface area (Å²) in [4.78, 5) is -0.0327. The Labute approximate surface area is 126 Å². The molecule has 1 aromatic carbocycles. The average molecular weight is 332 g/mol. The molecule has 2 rings (SSSR count). The van der Waals surface area contributed by atoms with Gasteiger partial charge >= 0.3 is 0 Å². The van der Waals surface area contributed by atoms with Crippen LogP contribution in [0.25, 0.3) is 0 Å². The molecule has 1 aliphatic carbocycles. The second-order valence-corrected chi connectivity index (χ2v) is 9.12. The molecule has 0 bridgehead atoms. The van der Waals surface area contributed by atoms with E-state index in [1.54, 1.807) is 0 Å². The number of sulfonamides is 2. The maximum atomic E-state index is 12.6. The van der Waals surface area contributed by atoms with Crippen molar-refractivity contribution in [1.82, 2.24) is 0 Å². The van der Waals surface area contributed by atoms with E-state index in [4.69, 9.17) is 5.14 Å². The molecule has 0 heterocycles. The minimum Gasteiger partial charge on any atom is -0.273 e. The normalized spacial score (nSPS) is 17.6. The summed E-state index contributed by atoms with van der Waals surface area (Å²) in [6, 6.07) is 5.55. The fourth-order valence-corrected chi connectivity index (χ4v) is 4.89. The van der Waals surface area contributed by atoms with Crippen LogP contribution in [0.3, 0.4) is 0 Å². The minimum atomic E-state index is -3.77. The van der Waals surface area contributed by atoms with Gasteiger partial charge in [-0.15, -0.1) is 0 Å². The van der Waals surface area contributed by atoms with Crippen LogP contribution in [0.2, 0.25) is 0 Å². The predicted octanol–water partition coefficient (Wildman–Crippen LogP) is 1.43. The first-order valence-corrected chi connectivity index (χ1v) is 9.88. The number of hydrogen-bond acceptors (Lipinski definition) is 4. The van der Waals surface area contributed by atoms with Crippen LogP contribution < -0.4 is 9.44 Å². The van der Waals surface area contributed by atoms with Gasteiger partial charge in [-0.1, -0.05) is 19.3 Å². The van der Waals surface area contributed by atoms with Gasteiger partial charge in [0.05, 0.1) is 15.8 Å². The number of nitrogens with zero attached hydrogens (tertiary/aromatic N) is 1. The molecular formula is C13H20N2O4S2. The Balaban J connectivity index is 2.24. The molecule has 118 valence electrons. The zero-order valence-electron chi connectivity index (χ0n) is 11.9. The lowest BCUT2D eigenvalue weighted by molar-refractivity contribution is 0.483. The summed E-state index contributed by atoms with van der Waals surface area (Å²) >= 11 is 0. The molecule has 2 N–H and O–H groups in total. The summed E-state index contributed by atoms with van der Waals surface area (Å²) < 4.78 is 48.7. The highest BCUT2D eigenvalue weighted by Gasteiger charge is 2.31. The van der Waals surface area contributed by atoms with E-state index in [9.17, 15) is 16.8 Å². The third kappa shape index (κ3) is 3.56. The van der Waals surface area contributed by atoms with Crippen LogP contribution in [0.4, 0.5) is 5.69 Å². The van der Waals surface area contributed by atoms with Gasteiger partial charge in [0, 0.05) is 7.05 Å². The Morgan fingerprint density at radius 3 is 2.00 bits per heavy atom. The fraction of sp³-hybridized carbons (Fsp3) is 0.538. The zero-order valence-corrected chi connectivity index (χ0v) is 13.5. The molecule has 1 aliphatic rings. The molecule has 0 spiro atoms. The molecule has 8 heteroatoms. The molecule has 0 saturated heterocycles. The lowest BCUT2D eigenvalue weighted by atomic mass is 10.0. The van der Waals surface area contributed by atoms with Crippen molar-refractivity contribution in [3.8, 4) is 0 Å². The van der Waals surface area contributed by atoms with Crippen LogP contribution in [0.5, 0.6) is 0 Å². The first-order valence-electron chi connectivity index (χ1n) is 6.83. The standard InChI is InChI=1S/C13H20N2O4S2/c1-15(21(18,19)13-5-3-2-4-6-13)11-7-9-12(10-8-11)20(14,16)17/h7-10,13H,2-6H2,1H3,(H2,14,16,17). The molecule has 0 amide bonds. The highest BCUT2D eigenvalue weighted by Crippen LogP contribution is 2.28. The van der Waals surface area contributed by atoms with E-state index in [-0.39, 0.29) is 10.1 Å². The number of benzene rings is 1. The summed E-state index contributed by atoms with van der Waals surface area (Å²) in [5.74, 6) is 0. The van der Waals surface area contributed by atoms with E-state index in [1.165, 1.54) is 35.6 Å². The number of hydrogen-bond donors (Lipinski definition) is 1. The largest absolute Gasteiger partial charge is 0.273 e. The van der Waals surface area contributed by atoms with Crippen molar-refractivity contribution < 1.29 is 16.8 Å². The quantitative estimate of drug-likeness (QED) is 0.902. The first-order chi connectivity index (χ1) is 9.73. The fourth-order valence-electron chi connectivity index (χ4n) is 2.58. The highest BCUT2D eigenvalue weighted by molar-refractivity contribution is 7.93. The van der Waals surface area contributed by atoms with Crippen LogP contribution in [-0.2, 0) is 20.0 Å². The number of rotatable bonds is 4. The summed E-state index contributed by atoms with van der Waals surface area (Å²) in [5.41, 5.74) is 0.438. The van der Waals surface area contributed by atoms with Gasteiger partial charge in [0.2, 0.25) is 20.0 Å². The van der Waals surface area contributed by atoms with Crippen molar-refractivity contribution in [2.24, 2.45) is 5.14 Å². The molecule has 0 unspecified atom stereocenters. The highest BCUT2D eigenvalue weighted by atomic mass is 32.2. The van der Waals surface area contributed by atoms with Gasteiger partial charge in [0.25, 0.3) is 0 Å². The summed E-state index contributed by atoms with van der Waals surface area (Å²) in [6.45, 7) is 0. The van der Waals surface area contributed by atoms with Crippen molar-refractivity contribution >= 4 is 25.7 Å². The third-order valence-corrected chi connectivity index (χ3v) is 7.10. The van der Waals surface area contributed by atoms with Gasteiger partial charge in [0.15, 0.2) is 0 Å². The van der Waals surface area contributed by atoms with E-state index in [0.29, 0.717) is 18.5 Å². The summed E-state index contributed by atoms with van der Waals surface area (Å²) in [6.07, 6.45) is 4.31. The number of nitrogens with two attached hydrogens (primary N) is 1. The summed E-state index contributed by atoms with van der Waals surface area (Å²) in [7, 11) is -5.68. The molecule has 1 aromatic rings. The summed E-state index contributed by atoms with van der Waals surface area (Å²) in [5, 5.41) is 4.67. The maximum Gasteiger partial charge on any atom is 0.238 e. The van der Waals surface area contributed by atoms with Gasteiger partial charge < -0.3 is 0 Å². The molecule has 0 aromatic heterocycles. The van der Waals surface area contributed by atoms with Crippen LogP contribution in [0.15, 0.2) is 29.2 Å². The van der Waals surface area contributed by atoms with E-state index in [2.05, 4.69) is 0 Å². The van der Waals surface area contributed by atoms with Crippen molar-refractivity contribution in [2.45, 2.75) is 42.2 Å². The monoisotopic (exact) mass is 332 g/mol. The van der Waals surface area contributed by atoms with Crippen LogP contribution in [0.1, 0.15) is 32.1 Å². The van der Waals surface area contributed by atoms with Crippen molar-refractivity contribution in [3.05, 3.63) is 24.3 Å². The van der Waals surface area contributed by atoms with E-state index >= 15 is 0 Å². The molecular weight excluding hydrogens is 312 g/mol. The Hall–Kier alpha value is -1.12. The molecule has 1 fully saturated rings. The molecule has 0 aliphatic heterocycles.